The van der Waals surface area contributed by atoms with Crippen LogP contribution in [0.3, 0.4) is 0 Å². The van der Waals surface area contributed by atoms with Gasteiger partial charge in [0, 0.05) is 19.2 Å². The van der Waals surface area contributed by atoms with E-state index in [4.69, 9.17) is 30.0 Å². The quantitative estimate of drug-likeness (QED) is 0.0272. The Morgan fingerprint density at radius 1 is 0.877 bits per heavy atom. The fourth-order valence-electron chi connectivity index (χ4n) is 6.66. The number of H-pyrrole nitrogens is 2. The maximum Gasteiger partial charge on any atom is 0.480 e. The van der Waals surface area contributed by atoms with Crippen molar-refractivity contribution in [3.8, 4) is 0 Å². The molecule has 0 aromatic carbocycles. The van der Waals surface area contributed by atoms with Crippen LogP contribution in [0.4, 0.5) is 11.9 Å². The highest BCUT2D eigenvalue weighted by Crippen LogP contribution is 2.60. The summed E-state index contributed by atoms with van der Waals surface area (Å²) in [6.07, 6.45) is -10.2. The van der Waals surface area contributed by atoms with Crippen molar-refractivity contribution in [3.63, 3.8) is 0 Å². The number of fused-ring (bicyclic) bond motifs is 2. The molecule has 0 saturated carbocycles. The SMILES string of the molecule is Cn1c[n+]([C@@H]2O[C@H](COP(=O)(O)OP(=O)(O)NCCn3cc(CCP(=O)(O)OP(=O)(O)OC[C@H]4O[C@@H](n5cnc6c(=O)[nH]c(N)nc65)[C@@H](O)C4O)nn3)C(O)[C@@H]2O)c2nc(N)[nH]c(=O)c21. The number of aryl methyl sites for hydroxylation is 2. The number of ether oxygens (including phenoxy) is 2. The van der Waals surface area contributed by atoms with Gasteiger partial charge in [0.25, 0.3) is 17.1 Å². The zero-order valence-electron chi connectivity index (χ0n) is 33.0. The van der Waals surface area contributed by atoms with Gasteiger partial charge in [-0.05, 0) is 0 Å². The summed E-state index contributed by atoms with van der Waals surface area (Å²) in [6.45, 7) is -2.56. The van der Waals surface area contributed by atoms with Gasteiger partial charge < -0.3 is 60.9 Å². The first kappa shape index (κ1) is 48.7. The minimum Gasteiger partial charge on any atom is -0.387 e. The lowest BCUT2D eigenvalue weighted by Gasteiger charge is -2.19. The predicted octanol–water partition coefficient (Wildman–Crippen LogP) is -4.94. The third-order valence-corrected chi connectivity index (χ3v) is 15.5. The van der Waals surface area contributed by atoms with Crippen LogP contribution in [0.15, 0.2) is 28.4 Å². The lowest BCUT2D eigenvalue weighted by molar-refractivity contribution is -0.745. The second-order valence-electron chi connectivity index (χ2n) is 14.3. The molecule has 2 aliphatic rings. The Labute approximate surface area is 360 Å². The summed E-state index contributed by atoms with van der Waals surface area (Å²) >= 11 is 0. The number of anilines is 2. The highest BCUT2D eigenvalue weighted by atomic mass is 31.3. The predicted molar refractivity (Wildman–Crippen MR) is 210 cm³/mol. The average molecular weight is 1010 g/mol. The molecule has 7 heterocycles. The van der Waals surface area contributed by atoms with Crippen molar-refractivity contribution in [1.82, 2.24) is 54.1 Å². The largest absolute Gasteiger partial charge is 0.480 e. The van der Waals surface area contributed by atoms with Crippen LogP contribution in [0.1, 0.15) is 18.1 Å². The van der Waals surface area contributed by atoms with E-state index in [1.54, 1.807) is 0 Å². The fraction of sp³-hybridized carbons (Fsp3) is 0.556. The number of hydrogen-bond donors (Lipinski definition) is 13. The number of nitrogens with one attached hydrogen (secondary N) is 3. The zero-order valence-corrected chi connectivity index (χ0v) is 36.6. The normalized spacial score (nSPS) is 27.5. The Kier molecular flexibility index (Phi) is 13.8. The smallest absolute Gasteiger partial charge is 0.387 e. The number of nitrogens with two attached hydrogens (primary N) is 2. The van der Waals surface area contributed by atoms with Crippen molar-refractivity contribution in [2.45, 2.75) is 62.0 Å². The van der Waals surface area contributed by atoms with Crippen LogP contribution in [-0.4, -0.2) is 152 Å². The van der Waals surface area contributed by atoms with E-state index in [1.165, 1.54) is 28.7 Å². The first-order valence-corrected chi connectivity index (χ1v) is 24.8. The zero-order chi connectivity index (χ0) is 47.4. The molecule has 0 amide bonds. The van der Waals surface area contributed by atoms with E-state index in [0.29, 0.717) is 0 Å². The highest BCUT2D eigenvalue weighted by Gasteiger charge is 2.49. The minimum absolute atomic E-state index is 0.0244. The molecule has 34 nitrogen and oxygen atoms in total. The number of imidazole rings is 2. The molecule has 2 saturated heterocycles. The summed E-state index contributed by atoms with van der Waals surface area (Å²) in [5.74, 6) is -0.534. The molecule has 2 fully saturated rings. The minimum atomic E-state index is -5.36. The summed E-state index contributed by atoms with van der Waals surface area (Å²) in [4.78, 5) is 81.6. The Morgan fingerprint density at radius 3 is 2.22 bits per heavy atom. The van der Waals surface area contributed by atoms with Crippen molar-refractivity contribution in [2.75, 3.05) is 37.4 Å². The summed E-state index contributed by atoms with van der Waals surface area (Å²) in [7, 11) is -19.2. The molecule has 12 atom stereocenters. The molecule has 65 heavy (non-hydrogen) atoms. The molecule has 358 valence electrons. The Morgan fingerprint density at radius 2 is 1.51 bits per heavy atom. The Hall–Kier alpha value is -4.24. The lowest BCUT2D eigenvalue weighted by atomic mass is 10.1. The maximum absolute atomic E-state index is 12.7. The number of nitrogens with zero attached hydrogens (tertiary/aromatic N) is 9. The van der Waals surface area contributed by atoms with Crippen LogP contribution < -0.4 is 32.2 Å². The van der Waals surface area contributed by atoms with Crippen molar-refractivity contribution in [2.24, 2.45) is 7.05 Å². The molecule has 2 aliphatic heterocycles. The molecule has 6 unspecified atom stereocenters. The molecule has 5 aromatic heterocycles. The van der Waals surface area contributed by atoms with Crippen LogP contribution in [0, 0.1) is 0 Å². The molecule has 5 aromatic rings. The van der Waals surface area contributed by atoms with Crippen LogP contribution >= 0.6 is 31.0 Å². The Bertz CT molecular complexity index is 2890. The van der Waals surface area contributed by atoms with Gasteiger partial charge in [-0.3, -0.25) is 47.0 Å². The van der Waals surface area contributed by atoms with Gasteiger partial charge in [0.05, 0.1) is 45.0 Å². The third-order valence-electron chi connectivity index (χ3n) is 9.60. The molecule has 38 heteroatoms. The maximum atomic E-state index is 12.7. The van der Waals surface area contributed by atoms with Gasteiger partial charge >= 0.3 is 36.6 Å². The van der Waals surface area contributed by atoms with Crippen LogP contribution in [-0.2, 0) is 65.4 Å². The number of aliphatic hydroxyl groups excluding tert-OH is 4. The number of phosphoric acid groups is 2. The number of nitrogen functional groups attached to an aromatic ring is 2. The Balaban J connectivity index is 0.838. The summed E-state index contributed by atoms with van der Waals surface area (Å²) < 4.78 is 84.8. The van der Waals surface area contributed by atoms with Gasteiger partial charge in [-0.15, -0.1) is 5.10 Å². The van der Waals surface area contributed by atoms with Crippen LogP contribution in [0.2, 0.25) is 0 Å². The molecular weight excluding hydrogens is 964 g/mol. The standard InChI is InChI=1S/C27H40N14O20P4/c1-38-10-41(21-15(38)23(47)35-27(29)33-21)25-19(45)17(43)13(59-25)8-57-65(54,55)61-63(50,51)31-3-4-39-6-11(36-37-39)2-5-62(48,49)60-64(52,53)56-7-12-16(42)18(44)24(58-12)40-9-30-14-20(40)32-26(28)34-22(14)46/h6,9-10,12-13,16-19,24-25,42-45H,2-5,7-8H2,1H3,(H10-,28,29,31,32,33,34,35,46,47,48,49,50,51,52,53,54,55)/p+1/t12-,13-,16?,17?,18+,19+,24-,25-/m1/s1. The molecule has 7 rings (SSSR count). The number of aliphatic hydroxyl groups is 4. The molecule has 0 radical (unpaired) electrons. The van der Waals surface area contributed by atoms with Gasteiger partial charge in [-0.2, -0.15) is 9.29 Å². The first-order valence-electron chi connectivity index (χ1n) is 18.5. The van der Waals surface area contributed by atoms with E-state index in [2.05, 4.69) is 43.9 Å². The second kappa shape index (κ2) is 18.4. The first-order chi connectivity index (χ1) is 30.3. The van der Waals surface area contributed by atoms with Gasteiger partial charge in [0.1, 0.15) is 36.6 Å². The summed E-state index contributed by atoms with van der Waals surface area (Å²) in [5.41, 5.74) is 9.69. The van der Waals surface area contributed by atoms with Gasteiger partial charge in [-0.25, -0.2) is 32.6 Å². The molecular formula is C27H41N14O20P4+. The van der Waals surface area contributed by atoms with Gasteiger partial charge in [-0.1, -0.05) is 10.2 Å². The van der Waals surface area contributed by atoms with E-state index in [9.17, 15) is 67.8 Å². The molecule has 15 N–H and O–H groups in total. The topological polar surface area (TPSA) is 498 Å². The molecule has 0 bridgehead atoms. The molecule has 0 aliphatic carbocycles. The van der Waals surface area contributed by atoms with E-state index in [-0.39, 0.29) is 52.9 Å². The number of phosphoric ester groups is 2. The molecule has 0 spiro atoms. The fourth-order valence-corrected chi connectivity index (χ4v) is 11.6. The number of rotatable bonds is 19. The average Bonchev–Trinajstić information content (AvgIpc) is 4.01. The lowest BCUT2D eigenvalue weighted by Crippen LogP contribution is -2.46. The van der Waals surface area contributed by atoms with Crippen molar-refractivity contribution in [3.05, 3.63) is 45.3 Å². The highest BCUT2D eigenvalue weighted by molar-refractivity contribution is 7.64. The van der Waals surface area contributed by atoms with E-state index < -0.39 is 117 Å². The van der Waals surface area contributed by atoms with E-state index >= 15 is 0 Å². The van der Waals surface area contributed by atoms with Crippen LogP contribution in [0.25, 0.3) is 22.3 Å². The van der Waals surface area contributed by atoms with Crippen molar-refractivity contribution in [1.29, 1.82) is 0 Å². The van der Waals surface area contributed by atoms with E-state index in [0.717, 1.165) is 15.6 Å². The van der Waals surface area contributed by atoms with Crippen molar-refractivity contribution >= 4 is 65.2 Å². The number of hydrogen-bond acceptors (Lipinski definition) is 23. The van der Waals surface area contributed by atoms with Gasteiger partial charge in [0.15, 0.2) is 23.7 Å². The van der Waals surface area contributed by atoms with E-state index in [1.807, 2.05) is 5.09 Å². The number of aromatic amines is 2. The second-order valence-corrected chi connectivity index (χ2v) is 21.1. The van der Waals surface area contributed by atoms with Crippen molar-refractivity contribution < 1.29 is 90.0 Å². The summed E-state index contributed by atoms with van der Waals surface area (Å²) in [5, 5.41) is 51.8. The van der Waals surface area contributed by atoms with Gasteiger partial charge in [0.2, 0.25) is 17.7 Å². The van der Waals surface area contributed by atoms with Crippen LogP contribution in [0.5, 0.6) is 0 Å². The third kappa shape index (κ3) is 11.0. The number of aromatic nitrogens is 11. The monoisotopic (exact) mass is 1010 g/mol. The summed E-state index contributed by atoms with van der Waals surface area (Å²) in [6, 6.07) is 0.